The number of aryl methyl sites for hydroxylation is 1. The van der Waals surface area contributed by atoms with Crippen molar-refractivity contribution in [3.05, 3.63) is 46.7 Å². The Kier molecular flexibility index (Phi) is 5.91. The van der Waals surface area contributed by atoms with Gasteiger partial charge in [-0.15, -0.1) is 11.3 Å². The van der Waals surface area contributed by atoms with Crippen LogP contribution in [0.5, 0.6) is 0 Å². The summed E-state index contributed by atoms with van der Waals surface area (Å²) < 4.78 is 8.02. The van der Waals surface area contributed by atoms with Gasteiger partial charge in [-0.25, -0.2) is 4.98 Å². The number of rotatable bonds is 6. The number of fused-ring (bicyclic) bond motifs is 1. The smallest absolute Gasteiger partial charge is 0.264 e. The van der Waals surface area contributed by atoms with E-state index >= 15 is 0 Å². The van der Waals surface area contributed by atoms with Crippen molar-refractivity contribution in [1.29, 1.82) is 0 Å². The van der Waals surface area contributed by atoms with E-state index in [4.69, 9.17) is 4.74 Å². The number of ether oxygens (including phenoxy) is 1. The van der Waals surface area contributed by atoms with Crippen molar-refractivity contribution in [3.63, 3.8) is 0 Å². The van der Waals surface area contributed by atoms with Gasteiger partial charge in [-0.2, -0.15) is 5.10 Å². The lowest BCUT2D eigenvalue weighted by Gasteiger charge is -2.33. The molecule has 1 aliphatic rings. The maximum absolute atomic E-state index is 13.1. The highest BCUT2D eigenvalue weighted by atomic mass is 32.1. The van der Waals surface area contributed by atoms with Crippen LogP contribution in [0.1, 0.15) is 27.0 Å². The lowest BCUT2D eigenvalue weighted by Crippen LogP contribution is -2.39. The van der Waals surface area contributed by atoms with Crippen LogP contribution in [-0.2, 0) is 18.3 Å². The van der Waals surface area contributed by atoms with Gasteiger partial charge in [-0.3, -0.25) is 14.4 Å². The number of aliphatic hydroxyl groups is 1. The molecule has 1 fully saturated rings. The molecule has 0 aliphatic carbocycles. The number of aliphatic hydroxyl groups excluding tert-OH is 1. The van der Waals surface area contributed by atoms with Gasteiger partial charge in [0.1, 0.15) is 9.71 Å². The lowest BCUT2D eigenvalue weighted by atomic mass is 10.0. The normalized spacial score (nSPS) is 17.7. The fourth-order valence-corrected chi connectivity index (χ4v) is 4.85. The highest BCUT2D eigenvalue weighted by Gasteiger charge is 2.31. The number of hydrogen-bond acceptors (Lipinski definition) is 7. The van der Waals surface area contributed by atoms with E-state index in [2.05, 4.69) is 15.0 Å². The molecule has 4 rings (SSSR count). The van der Waals surface area contributed by atoms with Gasteiger partial charge >= 0.3 is 0 Å². The maximum Gasteiger partial charge on any atom is 0.264 e. The number of likely N-dealkylation sites (N-methyl/N-ethyl adjacent to an activating group) is 1. The Morgan fingerprint density at radius 2 is 2.28 bits per heavy atom. The average molecular weight is 416 g/mol. The standard InChI is InChI=1S/C20H25N5O3S/c1-23(8-10-26)20(27)18-17(15-4-3-6-21-19(15)29-18)16-13-25(9-11-28-16)12-14-5-7-22-24(14)2/h3-7,16,26H,8-13H2,1-2H3/t16-/m1/s1. The fourth-order valence-electron chi connectivity index (χ4n) is 3.66. The monoisotopic (exact) mass is 415 g/mol. The largest absolute Gasteiger partial charge is 0.395 e. The van der Waals surface area contributed by atoms with Gasteiger partial charge < -0.3 is 14.7 Å². The Labute approximate surface area is 173 Å². The van der Waals surface area contributed by atoms with Gasteiger partial charge in [0, 0.05) is 63.6 Å². The third-order valence-electron chi connectivity index (χ3n) is 5.26. The van der Waals surface area contributed by atoms with Gasteiger partial charge in [0.2, 0.25) is 0 Å². The van der Waals surface area contributed by atoms with Crippen LogP contribution in [0.3, 0.4) is 0 Å². The molecule has 154 valence electrons. The van der Waals surface area contributed by atoms with Crippen LogP contribution in [0.2, 0.25) is 0 Å². The van der Waals surface area contributed by atoms with Crippen molar-refractivity contribution < 1.29 is 14.6 Å². The third-order valence-corrected chi connectivity index (χ3v) is 6.38. The van der Waals surface area contributed by atoms with E-state index < -0.39 is 0 Å². The van der Waals surface area contributed by atoms with Crippen LogP contribution < -0.4 is 0 Å². The zero-order valence-corrected chi connectivity index (χ0v) is 17.4. The summed E-state index contributed by atoms with van der Waals surface area (Å²) in [5.41, 5.74) is 2.05. The van der Waals surface area contributed by atoms with E-state index in [1.165, 1.54) is 11.3 Å². The Balaban J connectivity index is 1.65. The molecule has 1 atom stereocenters. The average Bonchev–Trinajstić information content (AvgIpc) is 3.31. The highest BCUT2D eigenvalue weighted by molar-refractivity contribution is 7.20. The Morgan fingerprint density at radius 3 is 3.03 bits per heavy atom. The summed E-state index contributed by atoms with van der Waals surface area (Å²) in [7, 11) is 3.65. The second-order valence-corrected chi connectivity index (χ2v) is 8.19. The lowest BCUT2D eigenvalue weighted by molar-refractivity contribution is -0.0330. The van der Waals surface area contributed by atoms with Crippen LogP contribution in [0.25, 0.3) is 10.2 Å². The molecular formula is C20H25N5O3S. The zero-order valence-electron chi connectivity index (χ0n) is 16.6. The van der Waals surface area contributed by atoms with Crippen LogP contribution in [0, 0.1) is 0 Å². The summed E-state index contributed by atoms with van der Waals surface area (Å²) in [6.45, 7) is 3.12. The molecule has 1 amide bonds. The van der Waals surface area contributed by atoms with E-state index in [9.17, 15) is 9.90 Å². The first-order chi connectivity index (χ1) is 14.1. The summed E-state index contributed by atoms with van der Waals surface area (Å²) in [5.74, 6) is -0.107. The minimum Gasteiger partial charge on any atom is -0.395 e. The van der Waals surface area contributed by atoms with Gasteiger partial charge in [-0.1, -0.05) is 6.07 Å². The first-order valence-electron chi connectivity index (χ1n) is 9.63. The molecule has 0 spiro atoms. The quantitative estimate of drug-likeness (QED) is 0.659. The molecular weight excluding hydrogens is 390 g/mol. The second-order valence-electron chi connectivity index (χ2n) is 7.19. The first kappa shape index (κ1) is 20.0. The molecule has 8 nitrogen and oxygen atoms in total. The van der Waals surface area contributed by atoms with Gasteiger partial charge in [0.15, 0.2) is 0 Å². The Bertz CT molecular complexity index is 1000. The van der Waals surface area contributed by atoms with Crippen LogP contribution in [0.15, 0.2) is 30.6 Å². The summed E-state index contributed by atoms with van der Waals surface area (Å²) in [5, 5.41) is 14.4. The topological polar surface area (TPSA) is 83.7 Å². The van der Waals surface area contributed by atoms with E-state index in [-0.39, 0.29) is 25.2 Å². The molecule has 1 N–H and O–H groups in total. The van der Waals surface area contributed by atoms with E-state index in [0.29, 0.717) is 18.0 Å². The van der Waals surface area contributed by atoms with Crippen LogP contribution >= 0.6 is 11.3 Å². The molecule has 0 bridgehead atoms. The van der Waals surface area contributed by atoms with E-state index in [1.54, 1.807) is 24.3 Å². The number of carbonyl (C=O) groups excluding carboxylic acids is 1. The van der Waals surface area contributed by atoms with E-state index in [1.807, 2.05) is 29.9 Å². The van der Waals surface area contributed by atoms with Crippen molar-refractivity contribution >= 4 is 27.5 Å². The van der Waals surface area contributed by atoms with Gasteiger partial charge in [-0.05, 0) is 12.1 Å². The van der Waals surface area contributed by atoms with E-state index in [0.717, 1.165) is 34.6 Å². The maximum atomic E-state index is 13.1. The Hall–Kier alpha value is -2.33. The van der Waals surface area contributed by atoms with Crippen molar-refractivity contribution in [2.45, 2.75) is 12.6 Å². The number of carbonyl (C=O) groups is 1. The number of morpholine rings is 1. The number of hydrogen-bond donors (Lipinski definition) is 1. The number of thiophene rings is 1. The molecule has 9 heteroatoms. The van der Waals surface area contributed by atoms with Crippen molar-refractivity contribution in [3.8, 4) is 0 Å². The zero-order chi connectivity index (χ0) is 20.4. The SMILES string of the molecule is CN(CCO)C(=O)c1sc2ncccc2c1[C@H]1CN(Cc2ccnn2C)CCO1. The molecule has 29 heavy (non-hydrogen) atoms. The molecule has 3 aromatic heterocycles. The minimum absolute atomic E-state index is 0.0703. The summed E-state index contributed by atoms with van der Waals surface area (Å²) in [4.78, 5) is 22.9. The molecule has 4 heterocycles. The number of aromatic nitrogens is 3. The molecule has 1 saturated heterocycles. The first-order valence-corrected chi connectivity index (χ1v) is 10.4. The predicted molar refractivity (Wildman–Crippen MR) is 111 cm³/mol. The molecule has 0 unspecified atom stereocenters. The second kappa shape index (κ2) is 8.58. The third kappa shape index (κ3) is 4.04. The Morgan fingerprint density at radius 1 is 1.41 bits per heavy atom. The van der Waals surface area contributed by atoms with Crippen LogP contribution in [-0.4, -0.2) is 75.5 Å². The summed E-state index contributed by atoms with van der Waals surface area (Å²) in [6.07, 6.45) is 3.33. The molecule has 3 aromatic rings. The number of nitrogens with zero attached hydrogens (tertiary/aromatic N) is 5. The van der Waals surface area contributed by atoms with Gasteiger partial charge in [0.05, 0.1) is 25.0 Å². The predicted octanol–water partition coefficient (Wildman–Crippen LogP) is 1.67. The van der Waals surface area contributed by atoms with Crippen molar-refractivity contribution in [2.24, 2.45) is 7.05 Å². The highest BCUT2D eigenvalue weighted by Crippen LogP contribution is 2.38. The minimum atomic E-state index is -0.212. The molecule has 0 saturated carbocycles. The van der Waals surface area contributed by atoms with Crippen LogP contribution in [0.4, 0.5) is 0 Å². The van der Waals surface area contributed by atoms with Crippen molar-refractivity contribution in [2.75, 3.05) is 39.9 Å². The number of pyridine rings is 1. The number of amides is 1. The molecule has 0 aromatic carbocycles. The molecule has 1 aliphatic heterocycles. The fraction of sp³-hybridized carbons (Fsp3) is 0.450. The molecule has 0 radical (unpaired) electrons. The summed E-state index contributed by atoms with van der Waals surface area (Å²) in [6, 6.07) is 5.91. The van der Waals surface area contributed by atoms with Gasteiger partial charge in [0.25, 0.3) is 5.91 Å². The summed E-state index contributed by atoms with van der Waals surface area (Å²) >= 11 is 1.39. The van der Waals surface area contributed by atoms with Crippen molar-refractivity contribution in [1.82, 2.24) is 24.6 Å².